The molecule has 0 heterocycles. The molecule has 0 spiro atoms. The summed E-state index contributed by atoms with van der Waals surface area (Å²) in [6, 6.07) is 8.52. The summed E-state index contributed by atoms with van der Waals surface area (Å²) in [7, 11) is 0. The zero-order valence-corrected chi connectivity index (χ0v) is 9.21. The quantitative estimate of drug-likeness (QED) is 0.573. The van der Waals surface area contributed by atoms with Crippen LogP contribution in [-0.2, 0) is 11.3 Å². The number of aryl methyl sites for hydroxylation is 1. The van der Waals surface area contributed by atoms with Crippen LogP contribution in [0.25, 0.3) is 0 Å². The predicted molar refractivity (Wildman–Crippen MR) is 59.1 cm³/mol. The van der Waals surface area contributed by atoms with Gasteiger partial charge in [-0.15, -0.1) is 0 Å². The molecule has 0 fully saturated rings. The molecule has 78 valence electrons. The monoisotopic (exact) mass is 193 g/mol. The second kappa shape index (κ2) is 5.78. The Kier molecular flexibility index (Phi) is 4.63. The van der Waals surface area contributed by atoms with Gasteiger partial charge in [-0.1, -0.05) is 29.8 Å². The molecule has 0 saturated carbocycles. The smallest absolute Gasteiger partial charge is 0.0971 e. The first-order chi connectivity index (χ1) is 6.68. The van der Waals surface area contributed by atoms with Gasteiger partial charge in [0.25, 0.3) is 0 Å². The average molecular weight is 193 g/mol. The molecule has 1 N–H and O–H groups in total. The summed E-state index contributed by atoms with van der Waals surface area (Å²) >= 11 is 0. The van der Waals surface area contributed by atoms with Gasteiger partial charge in [-0.25, -0.2) is 0 Å². The molecule has 2 nitrogen and oxygen atoms in total. The van der Waals surface area contributed by atoms with Crippen molar-refractivity contribution < 1.29 is 4.74 Å². The van der Waals surface area contributed by atoms with Crippen molar-refractivity contribution in [1.82, 2.24) is 5.32 Å². The maximum absolute atomic E-state index is 5.38. The second-order valence-electron chi connectivity index (χ2n) is 3.77. The Morgan fingerprint density at radius 2 is 1.86 bits per heavy atom. The van der Waals surface area contributed by atoms with Crippen molar-refractivity contribution in [2.24, 2.45) is 0 Å². The summed E-state index contributed by atoms with van der Waals surface area (Å²) in [6.07, 6.45) is 0.292. The fourth-order valence-electron chi connectivity index (χ4n) is 1.13. The van der Waals surface area contributed by atoms with Crippen molar-refractivity contribution in [3.63, 3.8) is 0 Å². The lowest BCUT2D eigenvalue weighted by Gasteiger charge is -2.08. The van der Waals surface area contributed by atoms with Crippen LogP contribution in [0.5, 0.6) is 0 Å². The van der Waals surface area contributed by atoms with Crippen LogP contribution in [0.3, 0.4) is 0 Å². The fraction of sp³-hybridized carbons (Fsp3) is 0.500. The van der Waals surface area contributed by atoms with Crippen molar-refractivity contribution in [3.8, 4) is 0 Å². The number of ether oxygens (including phenoxy) is 1. The largest absolute Gasteiger partial charge is 0.364 e. The van der Waals surface area contributed by atoms with Gasteiger partial charge < -0.3 is 4.74 Å². The van der Waals surface area contributed by atoms with E-state index in [-0.39, 0.29) is 0 Å². The van der Waals surface area contributed by atoms with Crippen molar-refractivity contribution in [2.75, 3.05) is 6.73 Å². The van der Waals surface area contributed by atoms with Gasteiger partial charge in [0.05, 0.1) is 12.8 Å². The summed E-state index contributed by atoms with van der Waals surface area (Å²) in [6.45, 7) is 7.65. The molecule has 0 atom stereocenters. The Balaban J connectivity index is 2.21. The Labute approximate surface area is 86.3 Å². The molecule has 0 aliphatic heterocycles. The number of nitrogens with one attached hydrogen (secondary N) is 1. The summed E-state index contributed by atoms with van der Waals surface area (Å²) in [5.74, 6) is 0. The van der Waals surface area contributed by atoms with Crippen LogP contribution < -0.4 is 5.32 Å². The minimum atomic E-state index is 0.292. The molecule has 0 aliphatic rings. The Hall–Kier alpha value is -0.860. The third-order valence-electron chi connectivity index (χ3n) is 1.97. The maximum Gasteiger partial charge on any atom is 0.0971 e. The van der Waals surface area contributed by atoms with Crippen LogP contribution >= 0.6 is 0 Å². The standard InChI is InChI=1S/C12H19NO/c1-10(2)14-9-13-8-12-6-4-11(3)5-7-12/h4-7,10,13H,8-9H2,1-3H3. The minimum Gasteiger partial charge on any atom is -0.364 e. The molecule has 0 amide bonds. The molecular weight excluding hydrogens is 174 g/mol. The lowest BCUT2D eigenvalue weighted by atomic mass is 10.1. The third kappa shape index (κ3) is 4.40. The van der Waals surface area contributed by atoms with Crippen molar-refractivity contribution in [2.45, 2.75) is 33.4 Å². The van der Waals surface area contributed by atoms with Gasteiger partial charge in [0, 0.05) is 6.54 Å². The van der Waals surface area contributed by atoms with Crippen LogP contribution in [0.4, 0.5) is 0 Å². The van der Waals surface area contributed by atoms with Gasteiger partial charge in [-0.2, -0.15) is 0 Å². The van der Waals surface area contributed by atoms with Gasteiger partial charge in [0.1, 0.15) is 0 Å². The SMILES string of the molecule is Cc1ccc(CNCOC(C)C)cc1. The zero-order chi connectivity index (χ0) is 10.4. The highest BCUT2D eigenvalue weighted by Crippen LogP contribution is 2.02. The Bertz CT molecular complexity index is 254. The molecule has 0 aromatic heterocycles. The van der Waals surface area contributed by atoms with Crippen LogP contribution in [0.1, 0.15) is 25.0 Å². The predicted octanol–water partition coefficient (Wildman–Crippen LogP) is 2.47. The van der Waals surface area contributed by atoms with E-state index in [1.165, 1.54) is 11.1 Å². The second-order valence-corrected chi connectivity index (χ2v) is 3.77. The Morgan fingerprint density at radius 3 is 2.43 bits per heavy atom. The summed E-state index contributed by atoms with van der Waals surface area (Å²) < 4.78 is 5.38. The average Bonchev–Trinajstić information content (AvgIpc) is 2.15. The lowest BCUT2D eigenvalue weighted by Crippen LogP contribution is -2.20. The molecule has 14 heavy (non-hydrogen) atoms. The zero-order valence-electron chi connectivity index (χ0n) is 9.21. The normalized spacial score (nSPS) is 10.9. The number of benzene rings is 1. The minimum absolute atomic E-state index is 0.292. The first-order valence-electron chi connectivity index (χ1n) is 5.06. The van der Waals surface area contributed by atoms with Gasteiger partial charge >= 0.3 is 0 Å². The van der Waals surface area contributed by atoms with E-state index in [0.717, 1.165) is 6.54 Å². The molecule has 0 unspecified atom stereocenters. The van der Waals surface area contributed by atoms with E-state index in [0.29, 0.717) is 12.8 Å². The molecule has 0 bridgehead atoms. The fourth-order valence-corrected chi connectivity index (χ4v) is 1.13. The van der Waals surface area contributed by atoms with Gasteiger partial charge in [-0.05, 0) is 26.3 Å². The highest BCUT2D eigenvalue weighted by molar-refractivity contribution is 5.20. The van der Waals surface area contributed by atoms with Crippen molar-refractivity contribution in [1.29, 1.82) is 0 Å². The van der Waals surface area contributed by atoms with Crippen LogP contribution in [0, 0.1) is 6.92 Å². The first-order valence-corrected chi connectivity index (χ1v) is 5.06. The van der Waals surface area contributed by atoms with E-state index in [4.69, 9.17) is 4.74 Å². The first kappa shape index (κ1) is 11.2. The summed E-state index contributed by atoms with van der Waals surface area (Å²) in [5, 5.41) is 3.23. The van der Waals surface area contributed by atoms with Gasteiger partial charge in [0.2, 0.25) is 0 Å². The van der Waals surface area contributed by atoms with Crippen molar-refractivity contribution >= 4 is 0 Å². The lowest BCUT2D eigenvalue weighted by molar-refractivity contribution is 0.0636. The molecule has 1 aromatic carbocycles. The number of hydrogen-bond donors (Lipinski definition) is 1. The maximum atomic E-state index is 5.38. The third-order valence-corrected chi connectivity index (χ3v) is 1.97. The van der Waals surface area contributed by atoms with E-state index in [9.17, 15) is 0 Å². The highest BCUT2D eigenvalue weighted by Gasteiger charge is 1.93. The van der Waals surface area contributed by atoms with Gasteiger partial charge in [-0.3, -0.25) is 5.32 Å². The molecular formula is C12H19NO. The highest BCUT2D eigenvalue weighted by atomic mass is 16.5. The summed E-state index contributed by atoms with van der Waals surface area (Å²) in [5.41, 5.74) is 2.59. The number of hydrogen-bond acceptors (Lipinski definition) is 2. The van der Waals surface area contributed by atoms with E-state index in [1.54, 1.807) is 0 Å². The topological polar surface area (TPSA) is 21.3 Å². The van der Waals surface area contributed by atoms with E-state index < -0.39 is 0 Å². The van der Waals surface area contributed by atoms with Gasteiger partial charge in [0.15, 0.2) is 0 Å². The number of rotatable bonds is 5. The summed E-state index contributed by atoms with van der Waals surface area (Å²) in [4.78, 5) is 0. The molecule has 0 aliphatic carbocycles. The van der Waals surface area contributed by atoms with Crippen molar-refractivity contribution in [3.05, 3.63) is 35.4 Å². The van der Waals surface area contributed by atoms with E-state index in [2.05, 4.69) is 36.5 Å². The van der Waals surface area contributed by atoms with E-state index in [1.807, 2.05) is 13.8 Å². The molecule has 1 rings (SSSR count). The van der Waals surface area contributed by atoms with E-state index >= 15 is 0 Å². The van der Waals surface area contributed by atoms with Crippen LogP contribution in [0.15, 0.2) is 24.3 Å². The molecule has 2 heteroatoms. The molecule has 1 aromatic rings. The Morgan fingerprint density at radius 1 is 1.21 bits per heavy atom. The molecule has 0 saturated heterocycles. The van der Waals surface area contributed by atoms with Crippen LogP contribution in [-0.4, -0.2) is 12.8 Å². The molecule has 0 radical (unpaired) electrons. The van der Waals surface area contributed by atoms with Crippen LogP contribution in [0.2, 0.25) is 0 Å².